The molecule has 0 saturated carbocycles. The molecule has 122 valence electrons. The summed E-state index contributed by atoms with van der Waals surface area (Å²) >= 11 is 0. The summed E-state index contributed by atoms with van der Waals surface area (Å²) in [6, 6.07) is 10.4. The summed E-state index contributed by atoms with van der Waals surface area (Å²) < 4.78 is 0. The van der Waals surface area contributed by atoms with Crippen molar-refractivity contribution in [2.45, 2.75) is 32.7 Å². The fraction of sp³-hybridized carbons (Fsp3) is 0.611. The van der Waals surface area contributed by atoms with Gasteiger partial charge in [0.15, 0.2) is 5.96 Å². The van der Waals surface area contributed by atoms with Crippen LogP contribution in [0.3, 0.4) is 0 Å². The van der Waals surface area contributed by atoms with Crippen LogP contribution in [0.5, 0.6) is 0 Å². The van der Waals surface area contributed by atoms with Crippen molar-refractivity contribution in [3.05, 3.63) is 35.9 Å². The maximum atomic E-state index is 4.30. The minimum atomic E-state index is 0.633. The highest BCUT2D eigenvalue weighted by atomic mass is 15.2. The zero-order valence-corrected chi connectivity index (χ0v) is 14.0. The van der Waals surface area contributed by atoms with Gasteiger partial charge in [-0.1, -0.05) is 43.7 Å². The van der Waals surface area contributed by atoms with Crippen LogP contribution in [0.25, 0.3) is 0 Å². The van der Waals surface area contributed by atoms with Gasteiger partial charge in [0.2, 0.25) is 0 Å². The second kappa shape index (κ2) is 9.46. The molecule has 0 amide bonds. The van der Waals surface area contributed by atoms with Gasteiger partial charge in [0.25, 0.3) is 0 Å². The van der Waals surface area contributed by atoms with Crippen molar-refractivity contribution in [3.63, 3.8) is 0 Å². The van der Waals surface area contributed by atoms with E-state index in [0.29, 0.717) is 5.92 Å². The average molecular weight is 302 g/mol. The number of aliphatic imine (C=N–C) groups is 1. The standard InChI is InChI=1S/C18H30N4/c1-16(15-22-11-7-4-8-12-22)13-20-18(19-2)21-14-17-9-5-3-6-10-17/h3,5-6,9-10,16H,4,7-8,11-15H2,1-2H3,(H2,19,20,21). The summed E-state index contributed by atoms with van der Waals surface area (Å²) in [5, 5.41) is 6.81. The Morgan fingerprint density at radius 3 is 2.55 bits per heavy atom. The molecular formula is C18H30N4. The second-order valence-electron chi connectivity index (χ2n) is 6.26. The maximum Gasteiger partial charge on any atom is 0.191 e. The van der Waals surface area contributed by atoms with E-state index in [1.807, 2.05) is 13.1 Å². The maximum absolute atomic E-state index is 4.30. The number of piperidine rings is 1. The Morgan fingerprint density at radius 1 is 1.14 bits per heavy atom. The molecular weight excluding hydrogens is 272 g/mol. The number of hydrogen-bond acceptors (Lipinski definition) is 2. The number of hydrogen-bond donors (Lipinski definition) is 2. The van der Waals surface area contributed by atoms with Crippen molar-refractivity contribution in [3.8, 4) is 0 Å². The molecule has 1 heterocycles. The third-order valence-electron chi connectivity index (χ3n) is 4.16. The van der Waals surface area contributed by atoms with E-state index in [2.05, 4.69) is 51.7 Å². The van der Waals surface area contributed by atoms with Gasteiger partial charge >= 0.3 is 0 Å². The SMILES string of the molecule is CN=C(NCc1ccccc1)NCC(C)CN1CCCCC1. The Kier molecular flexibility index (Phi) is 7.23. The van der Waals surface area contributed by atoms with Crippen molar-refractivity contribution in [2.75, 3.05) is 33.2 Å². The largest absolute Gasteiger partial charge is 0.356 e. The lowest BCUT2D eigenvalue weighted by molar-refractivity contribution is 0.201. The van der Waals surface area contributed by atoms with Crippen LogP contribution in [0.4, 0.5) is 0 Å². The number of benzene rings is 1. The van der Waals surface area contributed by atoms with Crippen LogP contribution in [0.2, 0.25) is 0 Å². The van der Waals surface area contributed by atoms with Gasteiger partial charge in [0, 0.05) is 26.7 Å². The molecule has 2 rings (SSSR count). The highest BCUT2D eigenvalue weighted by molar-refractivity contribution is 5.79. The first-order valence-electron chi connectivity index (χ1n) is 8.48. The first-order chi connectivity index (χ1) is 10.8. The Bertz CT molecular complexity index is 438. The van der Waals surface area contributed by atoms with Crippen LogP contribution in [0.15, 0.2) is 35.3 Å². The fourth-order valence-corrected chi connectivity index (χ4v) is 2.92. The molecule has 0 aliphatic carbocycles. The van der Waals surface area contributed by atoms with Gasteiger partial charge in [-0.15, -0.1) is 0 Å². The zero-order valence-electron chi connectivity index (χ0n) is 14.0. The number of guanidine groups is 1. The van der Waals surface area contributed by atoms with Gasteiger partial charge in [0.05, 0.1) is 0 Å². The van der Waals surface area contributed by atoms with Gasteiger partial charge in [-0.3, -0.25) is 4.99 Å². The lowest BCUT2D eigenvalue weighted by Gasteiger charge is -2.29. The number of nitrogens with one attached hydrogen (secondary N) is 2. The van der Waals surface area contributed by atoms with Crippen LogP contribution >= 0.6 is 0 Å². The molecule has 1 unspecified atom stereocenters. The number of rotatable bonds is 6. The highest BCUT2D eigenvalue weighted by Crippen LogP contribution is 2.10. The molecule has 1 fully saturated rings. The molecule has 1 aliphatic rings. The van der Waals surface area contributed by atoms with E-state index in [1.54, 1.807) is 0 Å². The number of likely N-dealkylation sites (tertiary alicyclic amines) is 1. The normalized spacial score (nSPS) is 18.0. The fourth-order valence-electron chi connectivity index (χ4n) is 2.92. The summed E-state index contributed by atoms with van der Waals surface area (Å²) in [7, 11) is 1.83. The first kappa shape index (κ1) is 16.8. The number of nitrogens with zero attached hydrogens (tertiary/aromatic N) is 2. The predicted octanol–water partition coefficient (Wildman–Crippen LogP) is 2.47. The van der Waals surface area contributed by atoms with Crippen molar-refractivity contribution in [1.29, 1.82) is 0 Å². The Morgan fingerprint density at radius 2 is 1.86 bits per heavy atom. The molecule has 1 aromatic carbocycles. The van der Waals surface area contributed by atoms with Crippen molar-refractivity contribution >= 4 is 5.96 Å². The molecule has 1 aliphatic heterocycles. The van der Waals surface area contributed by atoms with E-state index in [0.717, 1.165) is 19.0 Å². The zero-order chi connectivity index (χ0) is 15.6. The lowest BCUT2D eigenvalue weighted by atomic mass is 10.1. The molecule has 22 heavy (non-hydrogen) atoms. The molecule has 1 saturated heterocycles. The minimum absolute atomic E-state index is 0.633. The van der Waals surface area contributed by atoms with Crippen LogP contribution in [0.1, 0.15) is 31.7 Å². The monoisotopic (exact) mass is 302 g/mol. The molecule has 1 atom stereocenters. The molecule has 4 heteroatoms. The smallest absolute Gasteiger partial charge is 0.191 e. The minimum Gasteiger partial charge on any atom is -0.356 e. The van der Waals surface area contributed by atoms with Crippen molar-refractivity contribution in [1.82, 2.24) is 15.5 Å². The molecule has 0 bridgehead atoms. The summed E-state index contributed by atoms with van der Waals surface area (Å²) in [6.07, 6.45) is 4.13. The van der Waals surface area contributed by atoms with Gasteiger partial charge in [-0.05, 0) is 37.4 Å². The van der Waals surface area contributed by atoms with Gasteiger partial charge < -0.3 is 15.5 Å². The molecule has 1 aromatic rings. The molecule has 0 spiro atoms. The second-order valence-corrected chi connectivity index (χ2v) is 6.26. The topological polar surface area (TPSA) is 39.7 Å². The van der Waals surface area contributed by atoms with Crippen LogP contribution in [-0.4, -0.2) is 44.1 Å². The predicted molar refractivity (Wildman–Crippen MR) is 94.1 cm³/mol. The molecule has 4 nitrogen and oxygen atoms in total. The van der Waals surface area contributed by atoms with Gasteiger partial charge in [0.1, 0.15) is 0 Å². The van der Waals surface area contributed by atoms with E-state index >= 15 is 0 Å². The third kappa shape index (κ3) is 6.06. The summed E-state index contributed by atoms with van der Waals surface area (Å²) in [5.41, 5.74) is 1.27. The van der Waals surface area contributed by atoms with Crippen LogP contribution in [-0.2, 0) is 6.54 Å². The van der Waals surface area contributed by atoms with E-state index < -0.39 is 0 Å². The highest BCUT2D eigenvalue weighted by Gasteiger charge is 2.13. The Labute approximate surface area is 135 Å². The molecule has 2 N–H and O–H groups in total. The van der Waals surface area contributed by atoms with E-state index in [9.17, 15) is 0 Å². The van der Waals surface area contributed by atoms with Crippen LogP contribution < -0.4 is 10.6 Å². The summed E-state index contributed by atoms with van der Waals surface area (Å²) in [4.78, 5) is 6.90. The average Bonchev–Trinajstić information content (AvgIpc) is 2.57. The van der Waals surface area contributed by atoms with Crippen molar-refractivity contribution in [2.24, 2.45) is 10.9 Å². The van der Waals surface area contributed by atoms with Crippen molar-refractivity contribution < 1.29 is 0 Å². The van der Waals surface area contributed by atoms with E-state index in [-0.39, 0.29) is 0 Å². The van der Waals surface area contributed by atoms with Gasteiger partial charge in [-0.25, -0.2) is 0 Å². The molecule has 0 aromatic heterocycles. The Balaban J connectivity index is 1.67. The Hall–Kier alpha value is -1.55. The summed E-state index contributed by atoms with van der Waals surface area (Å²) in [6.45, 7) is 7.80. The molecule has 0 radical (unpaired) electrons. The third-order valence-corrected chi connectivity index (χ3v) is 4.16. The summed E-state index contributed by atoms with van der Waals surface area (Å²) in [5.74, 6) is 1.52. The van der Waals surface area contributed by atoms with Gasteiger partial charge in [-0.2, -0.15) is 0 Å². The van der Waals surface area contributed by atoms with E-state index in [1.165, 1.54) is 44.5 Å². The first-order valence-corrected chi connectivity index (χ1v) is 8.48. The van der Waals surface area contributed by atoms with E-state index in [4.69, 9.17) is 0 Å². The lowest BCUT2D eigenvalue weighted by Crippen LogP contribution is -2.42. The van der Waals surface area contributed by atoms with Crippen LogP contribution in [0, 0.1) is 5.92 Å². The quantitative estimate of drug-likeness (QED) is 0.626.